The Hall–Kier alpha value is -0.360. The average Bonchev–Trinajstić information content (AvgIpc) is 3.16. The number of carbonyl (C=O) groups is 1. The largest absolute Gasteiger partial charge is 0.353 e. The summed E-state index contributed by atoms with van der Waals surface area (Å²) in [6.45, 7) is 2.94. The standard InChI is InChI=1S/C20H29ClN2OS2/c21-19-7-3-1-5-16(19)15-23-12-9-17(10-13-23)22-20(24)8-4-2-6-18-11-14-25-26-18/h1,3,5,7,17-18H,2,4,6,8-15H2,(H,22,24). The van der Waals surface area contributed by atoms with E-state index in [1.165, 1.54) is 30.6 Å². The lowest BCUT2D eigenvalue weighted by atomic mass is 10.0. The second-order valence-corrected chi connectivity index (χ2v) is 10.5. The highest BCUT2D eigenvalue weighted by atomic mass is 35.5. The first-order chi connectivity index (χ1) is 12.7. The minimum atomic E-state index is 0.239. The van der Waals surface area contributed by atoms with Crippen LogP contribution in [0.25, 0.3) is 0 Å². The smallest absolute Gasteiger partial charge is 0.220 e. The van der Waals surface area contributed by atoms with Crippen molar-refractivity contribution in [3.8, 4) is 0 Å². The minimum Gasteiger partial charge on any atom is -0.353 e. The zero-order valence-corrected chi connectivity index (χ0v) is 17.7. The number of halogens is 1. The van der Waals surface area contributed by atoms with Crippen molar-refractivity contribution in [2.75, 3.05) is 18.8 Å². The van der Waals surface area contributed by atoms with Crippen LogP contribution in [-0.2, 0) is 11.3 Å². The summed E-state index contributed by atoms with van der Waals surface area (Å²) in [4.78, 5) is 14.6. The third-order valence-corrected chi connectivity index (χ3v) is 8.59. The molecular formula is C20H29ClN2OS2. The number of benzene rings is 1. The summed E-state index contributed by atoms with van der Waals surface area (Å²) in [7, 11) is 4.03. The summed E-state index contributed by atoms with van der Waals surface area (Å²) in [6, 6.07) is 8.40. The number of rotatable bonds is 8. The quantitative estimate of drug-likeness (QED) is 0.473. The Morgan fingerprint density at radius 1 is 1.19 bits per heavy atom. The first kappa shape index (κ1) is 20.4. The molecule has 1 N–H and O–H groups in total. The Morgan fingerprint density at radius 2 is 2.00 bits per heavy atom. The maximum atomic E-state index is 12.2. The molecule has 0 aliphatic carbocycles. The molecule has 26 heavy (non-hydrogen) atoms. The van der Waals surface area contributed by atoms with Crippen LogP contribution in [0.5, 0.6) is 0 Å². The predicted octanol–water partition coefficient (Wildman–Crippen LogP) is 5.13. The molecule has 2 aliphatic heterocycles. The number of hydrogen-bond donors (Lipinski definition) is 1. The van der Waals surface area contributed by atoms with Gasteiger partial charge in [-0.15, -0.1) is 0 Å². The van der Waals surface area contributed by atoms with Crippen molar-refractivity contribution >= 4 is 39.1 Å². The fourth-order valence-electron chi connectivity index (χ4n) is 3.62. The molecule has 3 rings (SSSR count). The lowest BCUT2D eigenvalue weighted by molar-refractivity contribution is -0.122. The number of nitrogens with zero attached hydrogens (tertiary/aromatic N) is 1. The number of piperidine rings is 1. The van der Waals surface area contributed by atoms with E-state index in [4.69, 9.17) is 11.6 Å². The third-order valence-electron chi connectivity index (χ3n) is 5.21. The van der Waals surface area contributed by atoms with Crippen molar-refractivity contribution in [3.05, 3.63) is 34.9 Å². The zero-order chi connectivity index (χ0) is 18.2. The number of carbonyl (C=O) groups excluding carboxylic acids is 1. The first-order valence-corrected chi connectivity index (χ1v) is 12.5. The monoisotopic (exact) mass is 412 g/mol. The Bertz CT molecular complexity index is 573. The van der Waals surface area contributed by atoms with E-state index in [0.29, 0.717) is 12.5 Å². The summed E-state index contributed by atoms with van der Waals surface area (Å²) in [5.41, 5.74) is 1.19. The Labute approximate surface area is 170 Å². The number of nitrogens with one attached hydrogen (secondary N) is 1. The van der Waals surface area contributed by atoms with Crippen LogP contribution in [0.15, 0.2) is 24.3 Å². The van der Waals surface area contributed by atoms with Gasteiger partial charge in [-0.05, 0) is 43.7 Å². The zero-order valence-electron chi connectivity index (χ0n) is 15.3. The van der Waals surface area contributed by atoms with Gasteiger partial charge in [-0.1, -0.05) is 57.8 Å². The van der Waals surface area contributed by atoms with Gasteiger partial charge in [0.15, 0.2) is 0 Å². The molecule has 6 heteroatoms. The molecule has 0 bridgehead atoms. The predicted molar refractivity (Wildman–Crippen MR) is 115 cm³/mol. The van der Waals surface area contributed by atoms with E-state index >= 15 is 0 Å². The molecule has 1 unspecified atom stereocenters. The van der Waals surface area contributed by atoms with Crippen LogP contribution in [0.4, 0.5) is 0 Å². The molecule has 0 radical (unpaired) electrons. The van der Waals surface area contributed by atoms with Gasteiger partial charge in [-0.3, -0.25) is 9.69 Å². The van der Waals surface area contributed by atoms with Crippen molar-refractivity contribution in [1.82, 2.24) is 10.2 Å². The molecule has 2 saturated heterocycles. The minimum absolute atomic E-state index is 0.239. The van der Waals surface area contributed by atoms with Gasteiger partial charge < -0.3 is 5.32 Å². The van der Waals surface area contributed by atoms with Gasteiger partial charge >= 0.3 is 0 Å². The summed E-state index contributed by atoms with van der Waals surface area (Å²) in [5, 5.41) is 4.91. The number of likely N-dealkylation sites (tertiary alicyclic amines) is 1. The Kier molecular flexibility index (Phi) is 8.50. The summed E-state index contributed by atoms with van der Waals surface area (Å²) >= 11 is 6.26. The maximum absolute atomic E-state index is 12.2. The highest BCUT2D eigenvalue weighted by Gasteiger charge is 2.21. The van der Waals surface area contributed by atoms with E-state index in [-0.39, 0.29) is 5.91 Å². The van der Waals surface area contributed by atoms with Gasteiger partial charge in [0.25, 0.3) is 0 Å². The van der Waals surface area contributed by atoms with E-state index < -0.39 is 0 Å². The number of amides is 1. The topological polar surface area (TPSA) is 32.3 Å². The van der Waals surface area contributed by atoms with Crippen LogP contribution < -0.4 is 5.32 Å². The fourth-order valence-corrected chi connectivity index (χ4v) is 6.85. The second kappa shape index (κ2) is 10.8. The molecule has 0 saturated carbocycles. The molecule has 1 atom stereocenters. The van der Waals surface area contributed by atoms with Crippen LogP contribution in [0.3, 0.4) is 0 Å². The highest BCUT2D eigenvalue weighted by molar-refractivity contribution is 8.77. The van der Waals surface area contributed by atoms with Gasteiger partial charge in [0.2, 0.25) is 5.91 Å². The summed E-state index contributed by atoms with van der Waals surface area (Å²) < 4.78 is 0. The molecule has 1 aromatic rings. The molecule has 3 nitrogen and oxygen atoms in total. The van der Waals surface area contributed by atoms with Crippen molar-refractivity contribution in [2.45, 2.75) is 62.8 Å². The molecular weight excluding hydrogens is 384 g/mol. The number of hydrogen-bond acceptors (Lipinski definition) is 4. The highest BCUT2D eigenvalue weighted by Crippen LogP contribution is 2.39. The molecule has 2 aliphatic rings. The van der Waals surface area contributed by atoms with E-state index in [0.717, 1.165) is 49.2 Å². The van der Waals surface area contributed by atoms with Gasteiger partial charge in [-0.2, -0.15) is 0 Å². The molecule has 2 fully saturated rings. The summed E-state index contributed by atoms with van der Waals surface area (Å²) in [5.74, 6) is 1.54. The van der Waals surface area contributed by atoms with Crippen LogP contribution in [0, 0.1) is 0 Å². The van der Waals surface area contributed by atoms with Crippen molar-refractivity contribution in [2.24, 2.45) is 0 Å². The Morgan fingerprint density at radius 3 is 2.73 bits per heavy atom. The molecule has 144 valence electrons. The molecule has 2 heterocycles. The Balaban J connectivity index is 1.28. The normalized spacial score (nSPS) is 21.8. The molecule has 0 spiro atoms. The molecule has 1 amide bonds. The average molecular weight is 413 g/mol. The lowest BCUT2D eigenvalue weighted by Crippen LogP contribution is -2.44. The van der Waals surface area contributed by atoms with Gasteiger partial charge in [0.05, 0.1) is 0 Å². The van der Waals surface area contributed by atoms with Crippen LogP contribution in [0.1, 0.15) is 50.5 Å². The lowest BCUT2D eigenvalue weighted by Gasteiger charge is -2.32. The van der Waals surface area contributed by atoms with Crippen molar-refractivity contribution in [3.63, 3.8) is 0 Å². The van der Waals surface area contributed by atoms with Crippen molar-refractivity contribution < 1.29 is 4.79 Å². The molecule has 1 aromatic carbocycles. The van der Waals surface area contributed by atoms with Gasteiger partial charge in [-0.25, -0.2) is 0 Å². The van der Waals surface area contributed by atoms with Crippen LogP contribution in [0.2, 0.25) is 5.02 Å². The molecule has 0 aromatic heterocycles. The first-order valence-electron chi connectivity index (χ1n) is 9.74. The third kappa shape index (κ3) is 6.66. The van der Waals surface area contributed by atoms with Gasteiger partial charge in [0.1, 0.15) is 0 Å². The fraction of sp³-hybridized carbons (Fsp3) is 0.650. The van der Waals surface area contributed by atoms with Gasteiger partial charge in [0, 0.05) is 48.1 Å². The summed E-state index contributed by atoms with van der Waals surface area (Å²) in [6.07, 6.45) is 7.57. The van der Waals surface area contributed by atoms with Crippen LogP contribution >= 0.6 is 33.2 Å². The van der Waals surface area contributed by atoms with E-state index in [2.05, 4.69) is 16.3 Å². The van der Waals surface area contributed by atoms with E-state index in [1.807, 2.05) is 39.8 Å². The SMILES string of the molecule is O=C(CCCCC1CCSS1)NC1CCN(Cc2ccccc2Cl)CC1. The van der Waals surface area contributed by atoms with Crippen molar-refractivity contribution in [1.29, 1.82) is 0 Å². The van der Waals surface area contributed by atoms with E-state index in [9.17, 15) is 4.79 Å². The van der Waals surface area contributed by atoms with E-state index in [1.54, 1.807) is 0 Å². The number of unbranched alkanes of at least 4 members (excludes halogenated alkanes) is 1. The maximum Gasteiger partial charge on any atom is 0.220 e. The van der Waals surface area contributed by atoms with Crippen LogP contribution in [-0.4, -0.2) is 40.9 Å². The second-order valence-electron chi connectivity index (χ2n) is 7.28.